The summed E-state index contributed by atoms with van der Waals surface area (Å²) in [6, 6.07) is 9.22. The molecule has 3 rings (SSSR count). The van der Waals surface area contributed by atoms with E-state index in [0.717, 1.165) is 19.0 Å². The van der Waals surface area contributed by atoms with Gasteiger partial charge in [-0.05, 0) is 55.2 Å². The fourth-order valence-corrected chi connectivity index (χ4v) is 2.82. The highest BCUT2D eigenvalue weighted by molar-refractivity contribution is 5.85. The highest BCUT2D eigenvalue weighted by Crippen LogP contribution is 2.29. The third kappa shape index (κ3) is 5.50. The number of carbonyl (C=O) groups is 1. The molecule has 0 aliphatic heterocycles. The van der Waals surface area contributed by atoms with E-state index in [1.54, 1.807) is 0 Å². The molecular weight excluding hydrogens is 308 g/mol. The van der Waals surface area contributed by atoms with Crippen LogP contribution in [0.2, 0.25) is 0 Å². The molecule has 0 bridgehead atoms. The van der Waals surface area contributed by atoms with E-state index in [1.165, 1.54) is 36.8 Å². The molecule has 0 atom stereocenters. The van der Waals surface area contributed by atoms with Crippen molar-refractivity contribution in [1.82, 2.24) is 10.2 Å². The van der Waals surface area contributed by atoms with Crippen LogP contribution in [0.1, 0.15) is 56.6 Å². The Morgan fingerprint density at radius 3 is 2.35 bits per heavy atom. The molecule has 3 nitrogen and oxygen atoms in total. The predicted molar refractivity (Wildman–Crippen MR) is 96.9 cm³/mol. The van der Waals surface area contributed by atoms with Crippen molar-refractivity contribution in [3.63, 3.8) is 0 Å². The summed E-state index contributed by atoms with van der Waals surface area (Å²) in [5.41, 5.74) is 2.60. The first-order valence-corrected chi connectivity index (χ1v) is 8.72. The zero-order chi connectivity index (χ0) is 15.5. The number of benzene rings is 1. The molecule has 0 aromatic heterocycles. The second kappa shape index (κ2) is 8.16. The Kier molecular flexibility index (Phi) is 6.49. The lowest BCUT2D eigenvalue weighted by Gasteiger charge is -2.23. The molecule has 0 saturated heterocycles. The normalized spacial score (nSPS) is 17.0. The van der Waals surface area contributed by atoms with Crippen molar-refractivity contribution in [1.29, 1.82) is 0 Å². The fourth-order valence-electron chi connectivity index (χ4n) is 2.82. The molecule has 1 N–H and O–H groups in total. The third-order valence-electron chi connectivity index (χ3n) is 4.71. The minimum Gasteiger partial charge on any atom is -0.334 e. The SMILES string of the molecule is CC(C)c1ccc(CN(C(=O)CNCC2CC2)C2CC2)cc1.Cl. The van der Waals surface area contributed by atoms with E-state index in [4.69, 9.17) is 0 Å². The summed E-state index contributed by atoms with van der Waals surface area (Å²) in [7, 11) is 0. The zero-order valence-electron chi connectivity index (χ0n) is 14.3. The molecule has 1 amide bonds. The molecule has 4 heteroatoms. The molecule has 0 heterocycles. The topological polar surface area (TPSA) is 32.3 Å². The lowest BCUT2D eigenvalue weighted by molar-refractivity contribution is -0.131. The molecule has 128 valence electrons. The van der Waals surface area contributed by atoms with E-state index in [9.17, 15) is 4.79 Å². The Labute approximate surface area is 146 Å². The Hall–Kier alpha value is -1.06. The van der Waals surface area contributed by atoms with Gasteiger partial charge in [0.15, 0.2) is 0 Å². The lowest BCUT2D eigenvalue weighted by atomic mass is 10.0. The van der Waals surface area contributed by atoms with Crippen molar-refractivity contribution in [2.45, 2.75) is 58.0 Å². The smallest absolute Gasteiger partial charge is 0.237 e. The number of hydrogen-bond acceptors (Lipinski definition) is 2. The van der Waals surface area contributed by atoms with Gasteiger partial charge in [-0.25, -0.2) is 0 Å². The second-order valence-corrected chi connectivity index (χ2v) is 7.22. The van der Waals surface area contributed by atoms with Crippen LogP contribution in [0.3, 0.4) is 0 Å². The zero-order valence-corrected chi connectivity index (χ0v) is 15.1. The van der Waals surface area contributed by atoms with E-state index in [1.807, 2.05) is 0 Å². The Morgan fingerprint density at radius 1 is 1.17 bits per heavy atom. The van der Waals surface area contributed by atoms with Gasteiger partial charge in [0.25, 0.3) is 0 Å². The van der Waals surface area contributed by atoms with Gasteiger partial charge in [0.05, 0.1) is 6.54 Å². The second-order valence-electron chi connectivity index (χ2n) is 7.22. The first kappa shape index (κ1) is 18.3. The van der Waals surface area contributed by atoms with Crippen LogP contribution in [0.5, 0.6) is 0 Å². The summed E-state index contributed by atoms with van der Waals surface area (Å²) in [5, 5.41) is 3.33. The van der Waals surface area contributed by atoms with Gasteiger partial charge in [-0.1, -0.05) is 38.1 Å². The summed E-state index contributed by atoms with van der Waals surface area (Å²) >= 11 is 0. The van der Waals surface area contributed by atoms with Crippen LogP contribution in [-0.2, 0) is 11.3 Å². The summed E-state index contributed by atoms with van der Waals surface area (Å²) in [5.74, 6) is 1.64. The minimum atomic E-state index is 0. The summed E-state index contributed by atoms with van der Waals surface area (Å²) in [6.07, 6.45) is 4.99. The van der Waals surface area contributed by atoms with Crippen LogP contribution in [0.25, 0.3) is 0 Å². The van der Waals surface area contributed by atoms with Crippen LogP contribution in [0.4, 0.5) is 0 Å². The van der Waals surface area contributed by atoms with Gasteiger partial charge in [0.2, 0.25) is 5.91 Å². The Balaban J connectivity index is 0.00000192. The predicted octanol–water partition coefficient (Wildman–Crippen LogP) is 3.72. The highest BCUT2D eigenvalue weighted by atomic mass is 35.5. The summed E-state index contributed by atoms with van der Waals surface area (Å²) in [6.45, 7) is 6.68. The van der Waals surface area contributed by atoms with Crippen LogP contribution in [0, 0.1) is 5.92 Å². The molecule has 2 aliphatic rings. The van der Waals surface area contributed by atoms with Gasteiger partial charge in [-0.2, -0.15) is 0 Å². The van der Waals surface area contributed by atoms with Crippen molar-refractivity contribution in [2.75, 3.05) is 13.1 Å². The molecule has 0 radical (unpaired) electrons. The lowest BCUT2D eigenvalue weighted by Crippen LogP contribution is -2.39. The average Bonchev–Trinajstić information content (AvgIpc) is 3.37. The molecule has 0 unspecified atom stereocenters. The van der Waals surface area contributed by atoms with Crippen molar-refractivity contribution < 1.29 is 4.79 Å². The maximum absolute atomic E-state index is 12.5. The maximum atomic E-state index is 12.5. The van der Waals surface area contributed by atoms with E-state index < -0.39 is 0 Å². The van der Waals surface area contributed by atoms with E-state index >= 15 is 0 Å². The highest BCUT2D eigenvalue weighted by Gasteiger charge is 2.32. The number of nitrogens with one attached hydrogen (secondary N) is 1. The molecular formula is C19H29ClN2O. The summed E-state index contributed by atoms with van der Waals surface area (Å²) in [4.78, 5) is 14.5. The standard InChI is InChI=1S/C19H28N2O.ClH/c1-14(2)17-7-5-16(6-8-17)13-21(18-9-10-18)19(22)12-20-11-15-3-4-15;/h5-8,14-15,18,20H,3-4,9-13H2,1-2H3;1H. The quantitative estimate of drug-likeness (QED) is 0.784. The monoisotopic (exact) mass is 336 g/mol. The van der Waals surface area contributed by atoms with Gasteiger partial charge in [-0.15, -0.1) is 12.4 Å². The van der Waals surface area contributed by atoms with Crippen molar-refractivity contribution >= 4 is 18.3 Å². The number of hydrogen-bond donors (Lipinski definition) is 1. The molecule has 2 aliphatic carbocycles. The van der Waals surface area contributed by atoms with Gasteiger partial charge in [0, 0.05) is 12.6 Å². The molecule has 1 aromatic carbocycles. The first-order valence-electron chi connectivity index (χ1n) is 8.72. The van der Waals surface area contributed by atoms with Crippen LogP contribution in [0.15, 0.2) is 24.3 Å². The minimum absolute atomic E-state index is 0. The van der Waals surface area contributed by atoms with Crippen LogP contribution < -0.4 is 5.32 Å². The van der Waals surface area contributed by atoms with Crippen molar-refractivity contribution in [3.05, 3.63) is 35.4 Å². The number of rotatable bonds is 8. The van der Waals surface area contributed by atoms with E-state index in [0.29, 0.717) is 18.5 Å². The molecule has 2 fully saturated rings. The Bertz CT molecular complexity index is 507. The molecule has 23 heavy (non-hydrogen) atoms. The molecule has 2 saturated carbocycles. The van der Waals surface area contributed by atoms with Crippen LogP contribution >= 0.6 is 12.4 Å². The van der Waals surface area contributed by atoms with Gasteiger partial charge in [-0.3, -0.25) is 4.79 Å². The van der Waals surface area contributed by atoms with E-state index in [-0.39, 0.29) is 18.3 Å². The fraction of sp³-hybridized carbons (Fsp3) is 0.632. The van der Waals surface area contributed by atoms with Gasteiger partial charge < -0.3 is 10.2 Å². The van der Waals surface area contributed by atoms with Gasteiger partial charge in [0.1, 0.15) is 0 Å². The maximum Gasteiger partial charge on any atom is 0.237 e. The van der Waals surface area contributed by atoms with Crippen molar-refractivity contribution in [3.8, 4) is 0 Å². The Morgan fingerprint density at radius 2 is 1.83 bits per heavy atom. The summed E-state index contributed by atoms with van der Waals surface area (Å²) < 4.78 is 0. The van der Waals surface area contributed by atoms with Crippen molar-refractivity contribution in [2.24, 2.45) is 5.92 Å². The number of amides is 1. The third-order valence-corrected chi connectivity index (χ3v) is 4.71. The van der Waals surface area contributed by atoms with Crippen LogP contribution in [-0.4, -0.2) is 29.9 Å². The van der Waals surface area contributed by atoms with Gasteiger partial charge >= 0.3 is 0 Å². The largest absolute Gasteiger partial charge is 0.334 e. The van der Waals surface area contributed by atoms with E-state index in [2.05, 4.69) is 48.3 Å². The number of nitrogens with zero attached hydrogens (tertiary/aromatic N) is 1. The average molecular weight is 337 g/mol. The first-order chi connectivity index (χ1) is 10.6. The molecule has 0 spiro atoms. The molecule has 1 aromatic rings. The number of carbonyl (C=O) groups excluding carboxylic acids is 1. The number of halogens is 1.